The van der Waals surface area contributed by atoms with E-state index in [0.717, 1.165) is 32.3 Å². The van der Waals surface area contributed by atoms with Crippen molar-refractivity contribution in [2.75, 3.05) is 0 Å². The smallest absolute Gasteiger partial charge is 0.326 e. The Morgan fingerprint density at radius 3 is 2.08 bits per heavy atom. The molecule has 5 nitrogen and oxygen atoms in total. The van der Waals surface area contributed by atoms with E-state index in [4.69, 9.17) is 27.9 Å². The van der Waals surface area contributed by atoms with Gasteiger partial charge in [-0.1, -0.05) is 65.7 Å². The fourth-order valence-electron chi connectivity index (χ4n) is 4.11. The van der Waals surface area contributed by atoms with E-state index in [1.807, 2.05) is 54.6 Å². The third-order valence-electron chi connectivity index (χ3n) is 6.20. The Labute approximate surface area is 239 Å². The fourth-order valence-corrected chi connectivity index (χ4v) is 5.31. The Bertz CT molecular complexity index is 1610. The van der Waals surface area contributed by atoms with Crippen LogP contribution in [0.15, 0.2) is 97.1 Å². The highest BCUT2D eigenvalue weighted by molar-refractivity contribution is 7.20. The minimum absolute atomic E-state index is 0.143. The summed E-state index contributed by atoms with van der Waals surface area (Å²) in [6.07, 6.45) is 0.143. The maximum absolute atomic E-state index is 13.0. The fraction of sp³-hybridized carbons (Fsp3) is 0.0968. The van der Waals surface area contributed by atoms with Crippen molar-refractivity contribution in [2.45, 2.75) is 19.1 Å². The molecule has 196 valence electrons. The molecule has 1 amide bonds. The van der Waals surface area contributed by atoms with Crippen LogP contribution in [0.2, 0.25) is 10.0 Å². The number of fused-ring (bicyclic) bond motifs is 1. The zero-order chi connectivity index (χ0) is 27.4. The van der Waals surface area contributed by atoms with Gasteiger partial charge in [-0.2, -0.15) is 0 Å². The highest BCUT2D eigenvalue weighted by atomic mass is 35.5. The Morgan fingerprint density at radius 1 is 0.795 bits per heavy atom. The molecule has 0 aliphatic heterocycles. The Hall–Kier alpha value is -3.84. The van der Waals surface area contributed by atoms with Gasteiger partial charge in [0.25, 0.3) is 5.91 Å². The lowest BCUT2D eigenvalue weighted by Crippen LogP contribution is -2.42. The van der Waals surface area contributed by atoms with Gasteiger partial charge < -0.3 is 15.2 Å². The van der Waals surface area contributed by atoms with Gasteiger partial charge in [-0.3, -0.25) is 4.79 Å². The van der Waals surface area contributed by atoms with Crippen LogP contribution in [-0.4, -0.2) is 23.0 Å². The van der Waals surface area contributed by atoms with Crippen LogP contribution in [0.25, 0.3) is 21.2 Å². The van der Waals surface area contributed by atoms with Gasteiger partial charge in [-0.25, -0.2) is 4.79 Å². The summed E-state index contributed by atoms with van der Waals surface area (Å²) in [7, 11) is 0. The molecule has 5 rings (SSSR count). The highest BCUT2D eigenvalue weighted by Crippen LogP contribution is 2.31. The summed E-state index contributed by atoms with van der Waals surface area (Å²) in [6.45, 7) is 0.390. The molecule has 0 bridgehead atoms. The maximum Gasteiger partial charge on any atom is 0.326 e. The lowest BCUT2D eigenvalue weighted by Gasteiger charge is -2.14. The quantitative estimate of drug-likeness (QED) is 0.187. The van der Waals surface area contributed by atoms with E-state index in [2.05, 4.69) is 5.32 Å². The van der Waals surface area contributed by atoms with E-state index in [0.29, 0.717) is 27.3 Å². The van der Waals surface area contributed by atoms with E-state index in [-0.39, 0.29) is 6.42 Å². The van der Waals surface area contributed by atoms with Crippen molar-refractivity contribution in [2.24, 2.45) is 0 Å². The third-order valence-corrected chi connectivity index (χ3v) is 7.82. The zero-order valence-corrected chi connectivity index (χ0v) is 22.9. The van der Waals surface area contributed by atoms with Crippen molar-refractivity contribution in [1.29, 1.82) is 0 Å². The minimum Gasteiger partial charge on any atom is -0.489 e. The SMILES string of the molecule is O=C(NC(Cc1ccc(OCc2ccc(Cl)cc2)cc1)C(=O)O)c1cc2cc(-c3ccc(Cl)cc3)ccc2s1. The third kappa shape index (κ3) is 6.79. The molecule has 0 spiro atoms. The average Bonchev–Trinajstić information content (AvgIpc) is 3.37. The molecule has 0 saturated heterocycles. The van der Waals surface area contributed by atoms with Crippen molar-refractivity contribution >= 4 is 56.5 Å². The first-order chi connectivity index (χ1) is 18.8. The Balaban J connectivity index is 1.23. The summed E-state index contributed by atoms with van der Waals surface area (Å²) in [5.41, 5.74) is 3.78. The number of rotatable bonds is 9. The van der Waals surface area contributed by atoms with Crippen LogP contribution in [0.5, 0.6) is 5.75 Å². The maximum atomic E-state index is 13.0. The standard InChI is InChI=1S/C31H23Cl2NO4S/c32-24-8-1-20(2-9-24)18-38-26-12-3-19(4-13-26)15-27(31(36)37)34-30(35)29-17-23-16-22(7-14-28(23)39-29)21-5-10-25(33)11-6-21/h1-14,16-17,27H,15,18H2,(H,34,35)(H,36,37). The Kier molecular flexibility index (Phi) is 8.17. The number of hydrogen-bond donors (Lipinski definition) is 2. The topological polar surface area (TPSA) is 75.6 Å². The summed E-state index contributed by atoms with van der Waals surface area (Å²) < 4.78 is 6.74. The molecule has 1 atom stereocenters. The molecule has 0 aliphatic carbocycles. The highest BCUT2D eigenvalue weighted by Gasteiger charge is 2.22. The van der Waals surface area contributed by atoms with Gasteiger partial charge in [-0.05, 0) is 82.2 Å². The van der Waals surface area contributed by atoms with E-state index < -0.39 is 17.9 Å². The van der Waals surface area contributed by atoms with Crippen molar-refractivity contribution in [3.63, 3.8) is 0 Å². The van der Waals surface area contributed by atoms with Crippen LogP contribution < -0.4 is 10.1 Å². The monoisotopic (exact) mass is 575 g/mol. The second-order valence-electron chi connectivity index (χ2n) is 9.00. The molecular formula is C31H23Cl2NO4S. The van der Waals surface area contributed by atoms with Crippen molar-refractivity contribution in [3.05, 3.63) is 123 Å². The van der Waals surface area contributed by atoms with E-state index >= 15 is 0 Å². The molecule has 0 radical (unpaired) electrons. The molecule has 8 heteroatoms. The molecule has 0 saturated carbocycles. The van der Waals surface area contributed by atoms with E-state index in [1.165, 1.54) is 11.3 Å². The number of benzene rings is 4. The van der Waals surface area contributed by atoms with Crippen molar-refractivity contribution in [1.82, 2.24) is 5.32 Å². The van der Waals surface area contributed by atoms with Crippen LogP contribution in [0.1, 0.15) is 20.8 Å². The molecule has 2 N–H and O–H groups in total. The van der Waals surface area contributed by atoms with E-state index in [9.17, 15) is 14.7 Å². The van der Waals surface area contributed by atoms with Gasteiger partial charge in [0.15, 0.2) is 0 Å². The van der Waals surface area contributed by atoms with Gasteiger partial charge >= 0.3 is 5.97 Å². The number of hydrogen-bond acceptors (Lipinski definition) is 4. The molecule has 0 fully saturated rings. The normalized spacial score (nSPS) is 11.7. The summed E-state index contributed by atoms with van der Waals surface area (Å²) in [5, 5.41) is 14.7. The number of carbonyl (C=O) groups excluding carboxylic acids is 1. The number of carbonyl (C=O) groups is 2. The summed E-state index contributed by atoms with van der Waals surface area (Å²) >= 11 is 13.2. The number of carboxylic acids is 1. The van der Waals surface area contributed by atoms with Crippen LogP contribution in [-0.2, 0) is 17.8 Å². The van der Waals surface area contributed by atoms with Gasteiger partial charge in [0, 0.05) is 21.2 Å². The van der Waals surface area contributed by atoms with Gasteiger partial charge in [0.2, 0.25) is 0 Å². The van der Waals surface area contributed by atoms with Gasteiger partial charge in [0.05, 0.1) is 4.88 Å². The lowest BCUT2D eigenvalue weighted by atomic mass is 10.0. The van der Waals surface area contributed by atoms with Crippen molar-refractivity contribution in [3.8, 4) is 16.9 Å². The molecule has 4 aromatic carbocycles. The second-order valence-corrected chi connectivity index (χ2v) is 11.0. The van der Waals surface area contributed by atoms with Crippen LogP contribution in [0, 0.1) is 0 Å². The number of thiophene rings is 1. The van der Waals surface area contributed by atoms with Gasteiger partial charge in [-0.15, -0.1) is 11.3 Å². The van der Waals surface area contributed by atoms with E-state index in [1.54, 1.807) is 42.5 Å². The second kappa shape index (κ2) is 11.9. The average molecular weight is 577 g/mol. The Morgan fingerprint density at radius 2 is 1.41 bits per heavy atom. The number of ether oxygens (including phenoxy) is 1. The van der Waals surface area contributed by atoms with Gasteiger partial charge in [0.1, 0.15) is 18.4 Å². The summed E-state index contributed by atoms with van der Waals surface area (Å²) in [5.74, 6) is -0.857. The first kappa shape index (κ1) is 26.8. The molecule has 1 unspecified atom stereocenters. The number of amides is 1. The summed E-state index contributed by atoms with van der Waals surface area (Å²) in [4.78, 5) is 25.4. The predicted molar refractivity (Wildman–Crippen MR) is 157 cm³/mol. The van der Waals surface area contributed by atoms with Crippen molar-refractivity contribution < 1.29 is 19.4 Å². The zero-order valence-electron chi connectivity index (χ0n) is 20.6. The lowest BCUT2D eigenvalue weighted by molar-refractivity contribution is -0.139. The molecule has 39 heavy (non-hydrogen) atoms. The first-order valence-corrected chi connectivity index (χ1v) is 13.7. The molecule has 1 heterocycles. The molecule has 1 aromatic heterocycles. The van der Waals surface area contributed by atoms with Crippen LogP contribution in [0.4, 0.5) is 0 Å². The first-order valence-electron chi connectivity index (χ1n) is 12.1. The number of carboxylic acid groups (broad SMARTS) is 1. The predicted octanol–water partition coefficient (Wildman–Crippen LogP) is 7.88. The number of aliphatic carboxylic acids is 1. The van der Waals surface area contributed by atoms with Crippen LogP contribution in [0.3, 0.4) is 0 Å². The molecular weight excluding hydrogens is 553 g/mol. The molecule has 0 aliphatic rings. The summed E-state index contributed by atoms with van der Waals surface area (Å²) in [6, 6.07) is 28.8. The largest absolute Gasteiger partial charge is 0.489 e. The minimum atomic E-state index is -1.10. The number of halogens is 2. The molecule has 5 aromatic rings. The number of nitrogens with one attached hydrogen (secondary N) is 1. The van der Waals surface area contributed by atoms with Crippen LogP contribution >= 0.6 is 34.5 Å².